The van der Waals surface area contributed by atoms with Gasteiger partial charge in [0.2, 0.25) is 0 Å². The summed E-state index contributed by atoms with van der Waals surface area (Å²) in [7, 11) is 0. The van der Waals surface area contributed by atoms with Gasteiger partial charge in [-0.25, -0.2) is 0 Å². The zero-order valence-electron chi connectivity index (χ0n) is 10.3. The molecule has 1 aromatic carbocycles. The van der Waals surface area contributed by atoms with Crippen LogP contribution in [0.1, 0.15) is 30.7 Å². The first-order valence-electron chi connectivity index (χ1n) is 6.51. The highest BCUT2D eigenvalue weighted by Crippen LogP contribution is 2.37. The Morgan fingerprint density at radius 3 is 2.88 bits per heavy atom. The molecule has 3 heteroatoms. The number of rotatable bonds is 6. The van der Waals surface area contributed by atoms with Crippen molar-refractivity contribution in [3.8, 4) is 0 Å². The molecule has 0 spiro atoms. The zero-order chi connectivity index (χ0) is 12.1. The van der Waals surface area contributed by atoms with Crippen LogP contribution in [-0.2, 0) is 0 Å². The molecule has 0 saturated heterocycles. The molecular formula is C14H22N2O. The minimum atomic E-state index is 0.293. The van der Waals surface area contributed by atoms with Gasteiger partial charge in [-0.15, -0.1) is 0 Å². The van der Waals surface area contributed by atoms with Gasteiger partial charge in [-0.3, -0.25) is 0 Å². The van der Waals surface area contributed by atoms with Crippen molar-refractivity contribution in [1.29, 1.82) is 0 Å². The molecule has 3 nitrogen and oxygen atoms in total. The Morgan fingerprint density at radius 2 is 2.12 bits per heavy atom. The van der Waals surface area contributed by atoms with Crippen molar-refractivity contribution in [1.82, 2.24) is 0 Å². The zero-order valence-corrected chi connectivity index (χ0v) is 10.3. The van der Waals surface area contributed by atoms with Crippen molar-refractivity contribution in [3.05, 3.63) is 29.8 Å². The lowest BCUT2D eigenvalue weighted by Crippen LogP contribution is -2.24. The molecule has 1 unspecified atom stereocenters. The van der Waals surface area contributed by atoms with Crippen LogP contribution >= 0.6 is 0 Å². The van der Waals surface area contributed by atoms with Gasteiger partial charge in [-0.2, -0.15) is 0 Å². The van der Waals surface area contributed by atoms with Gasteiger partial charge in [-0.1, -0.05) is 18.2 Å². The molecular weight excluding hydrogens is 212 g/mol. The number of aliphatic hydroxyl groups is 1. The standard InChI is InChI=1S/C14H22N2O/c15-8-7-12-11-16(9-3-4-10-17)14-6-2-1-5-13(12)14/h1-2,5-6,12,17H,3-4,7-11,15H2. The molecule has 0 saturated carbocycles. The highest BCUT2D eigenvalue weighted by atomic mass is 16.2. The summed E-state index contributed by atoms with van der Waals surface area (Å²) < 4.78 is 0. The molecule has 2 rings (SSSR count). The summed E-state index contributed by atoms with van der Waals surface area (Å²) in [5.41, 5.74) is 8.49. The maximum Gasteiger partial charge on any atom is 0.0431 e. The van der Waals surface area contributed by atoms with Crippen molar-refractivity contribution < 1.29 is 5.11 Å². The Morgan fingerprint density at radius 1 is 1.29 bits per heavy atom. The van der Waals surface area contributed by atoms with Crippen LogP contribution in [0.4, 0.5) is 5.69 Å². The lowest BCUT2D eigenvalue weighted by Gasteiger charge is -2.19. The van der Waals surface area contributed by atoms with Crippen molar-refractivity contribution in [2.24, 2.45) is 5.73 Å². The van der Waals surface area contributed by atoms with Gasteiger partial charge < -0.3 is 15.7 Å². The Kier molecular flexibility index (Phi) is 4.40. The first-order chi connectivity index (χ1) is 8.36. The maximum absolute atomic E-state index is 8.84. The van der Waals surface area contributed by atoms with Gasteiger partial charge in [0.25, 0.3) is 0 Å². The van der Waals surface area contributed by atoms with Crippen LogP contribution in [0.3, 0.4) is 0 Å². The van der Waals surface area contributed by atoms with E-state index in [1.807, 2.05) is 0 Å². The summed E-state index contributed by atoms with van der Waals surface area (Å²) in [5, 5.41) is 8.84. The topological polar surface area (TPSA) is 49.5 Å². The number of nitrogens with two attached hydrogens (primary N) is 1. The van der Waals surface area contributed by atoms with Crippen LogP contribution in [-0.4, -0.2) is 31.3 Å². The lowest BCUT2D eigenvalue weighted by molar-refractivity contribution is 0.285. The number of para-hydroxylation sites is 1. The molecule has 0 radical (unpaired) electrons. The van der Waals surface area contributed by atoms with Crippen molar-refractivity contribution >= 4 is 5.69 Å². The smallest absolute Gasteiger partial charge is 0.0431 e. The second-order valence-electron chi connectivity index (χ2n) is 4.71. The molecule has 0 aliphatic carbocycles. The molecule has 1 aromatic rings. The van der Waals surface area contributed by atoms with E-state index in [0.29, 0.717) is 12.5 Å². The number of benzene rings is 1. The molecule has 0 fully saturated rings. The average Bonchev–Trinajstić information content (AvgIpc) is 2.70. The number of hydrogen-bond donors (Lipinski definition) is 2. The first kappa shape index (κ1) is 12.4. The van der Waals surface area contributed by atoms with Gasteiger partial charge >= 0.3 is 0 Å². The predicted molar refractivity (Wildman–Crippen MR) is 71.4 cm³/mol. The minimum absolute atomic E-state index is 0.293. The van der Waals surface area contributed by atoms with E-state index in [2.05, 4.69) is 29.2 Å². The van der Waals surface area contributed by atoms with E-state index in [1.165, 1.54) is 11.3 Å². The summed E-state index contributed by atoms with van der Waals surface area (Å²) in [6.45, 7) is 3.17. The lowest BCUT2D eigenvalue weighted by atomic mass is 9.98. The van der Waals surface area contributed by atoms with Crippen LogP contribution < -0.4 is 10.6 Å². The third kappa shape index (κ3) is 2.79. The van der Waals surface area contributed by atoms with Crippen LogP contribution in [0.2, 0.25) is 0 Å². The fourth-order valence-corrected chi connectivity index (χ4v) is 2.66. The molecule has 1 aliphatic rings. The van der Waals surface area contributed by atoms with Crippen LogP contribution in [0.5, 0.6) is 0 Å². The molecule has 0 bridgehead atoms. The minimum Gasteiger partial charge on any atom is -0.396 e. The normalized spacial score (nSPS) is 18.5. The fourth-order valence-electron chi connectivity index (χ4n) is 2.66. The van der Waals surface area contributed by atoms with E-state index in [0.717, 1.165) is 38.9 Å². The van der Waals surface area contributed by atoms with Crippen LogP contribution in [0, 0.1) is 0 Å². The molecule has 3 N–H and O–H groups in total. The summed E-state index contributed by atoms with van der Waals surface area (Å²) in [5.74, 6) is 0.588. The van der Waals surface area contributed by atoms with Crippen molar-refractivity contribution in [2.75, 3.05) is 31.1 Å². The fraction of sp³-hybridized carbons (Fsp3) is 0.571. The van der Waals surface area contributed by atoms with E-state index in [1.54, 1.807) is 0 Å². The summed E-state index contributed by atoms with van der Waals surface area (Å²) in [6, 6.07) is 8.63. The molecule has 94 valence electrons. The van der Waals surface area contributed by atoms with Crippen molar-refractivity contribution in [2.45, 2.75) is 25.2 Å². The number of hydrogen-bond acceptors (Lipinski definition) is 3. The maximum atomic E-state index is 8.84. The Bertz CT molecular complexity index is 354. The van der Waals surface area contributed by atoms with Gasteiger partial charge in [0.05, 0.1) is 0 Å². The molecule has 1 aliphatic heterocycles. The number of fused-ring (bicyclic) bond motifs is 1. The monoisotopic (exact) mass is 234 g/mol. The quantitative estimate of drug-likeness (QED) is 0.737. The molecule has 0 aromatic heterocycles. The average molecular weight is 234 g/mol. The molecule has 17 heavy (non-hydrogen) atoms. The highest BCUT2D eigenvalue weighted by Gasteiger charge is 2.26. The Balaban J connectivity index is 2.05. The second kappa shape index (κ2) is 6.03. The predicted octanol–water partition coefficient (Wildman–Crippen LogP) is 1.71. The number of aliphatic hydroxyl groups excluding tert-OH is 1. The number of unbranched alkanes of at least 4 members (excludes halogenated alkanes) is 1. The molecule has 0 amide bonds. The number of anilines is 1. The van der Waals surface area contributed by atoms with E-state index in [9.17, 15) is 0 Å². The Labute approximate surface area is 103 Å². The van der Waals surface area contributed by atoms with Gasteiger partial charge in [0, 0.05) is 31.3 Å². The van der Waals surface area contributed by atoms with E-state index >= 15 is 0 Å². The largest absolute Gasteiger partial charge is 0.396 e. The summed E-state index contributed by atoms with van der Waals surface area (Å²) >= 11 is 0. The SMILES string of the molecule is NCCC1CN(CCCCO)c2ccccc21. The van der Waals surface area contributed by atoms with Crippen LogP contribution in [0.15, 0.2) is 24.3 Å². The molecule has 1 heterocycles. The third-order valence-corrected chi connectivity index (χ3v) is 3.51. The number of nitrogens with zero attached hydrogens (tertiary/aromatic N) is 1. The van der Waals surface area contributed by atoms with E-state index in [-0.39, 0.29) is 0 Å². The van der Waals surface area contributed by atoms with Crippen molar-refractivity contribution in [3.63, 3.8) is 0 Å². The molecule has 1 atom stereocenters. The summed E-state index contributed by atoms with van der Waals surface area (Å²) in [4.78, 5) is 2.44. The third-order valence-electron chi connectivity index (χ3n) is 3.51. The van der Waals surface area contributed by atoms with Crippen LogP contribution in [0.25, 0.3) is 0 Å². The first-order valence-corrected chi connectivity index (χ1v) is 6.51. The summed E-state index contributed by atoms with van der Waals surface area (Å²) in [6.07, 6.45) is 3.01. The van der Waals surface area contributed by atoms with E-state index < -0.39 is 0 Å². The second-order valence-corrected chi connectivity index (χ2v) is 4.71. The van der Waals surface area contributed by atoms with Gasteiger partial charge in [-0.05, 0) is 37.4 Å². The van der Waals surface area contributed by atoms with Gasteiger partial charge in [0.15, 0.2) is 0 Å². The Hall–Kier alpha value is -1.06. The highest BCUT2D eigenvalue weighted by molar-refractivity contribution is 5.60. The van der Waals surface area contributed by atoms with Gasteiger partial charge in [0.1, 0.15) is 0 Å². The van der Waals surface area contributed by atoms with E-state index in [4.69, 9.17) is 10.8 Å².